The summed E-state index contributed by atoms with van der Waals surface area (Å²) < 4.78 is 0. The molecule has 2 atom stereocenters. The van der Waals surface area contributed by atoms with Gasteiger partial charge in [-0.25, -0.2) is 5.43 Å². The lowest BCUT2D eigenvalue weighted by molar-refractivity contribution is 0.0894. The average molecular weight is 294 g/mol. The van der Waals surface area contributed by atoms with Crippen molar-refractivity contribution in [3.8, 4) is 0 Å². The Kier molecular flexibility index (Phi) is 5.12. The van der Waals surface area contributed by atoms with Gasteiger partial charge in [-0.1, -0.05) is 61.5 Å². The monoisotopic (exact) mass is 294 g/mol. The van der Waals surface area contributed by atoms with Gasteiger partial charge in [-0.15, -0.1) is 6.58 Å². The van der Waals surface area contributed by atoms with Crippen molar-refractivity contribution >= 4 is 5.91 Å². The molecule has 0 bridgehead atoms. The summed E-state index contributed by atoms with van der Waals surface area (Å²) in [6.45, 7) is 8.01. The quantitative estimate of drug-likeness (QED) is 0.630. The molecule has 0 spiro atoms. The average Bonchev–Trinajstić information content (AvgIpc) is 2.60. The van der Waals surface area contributed by atoms with Crippen LogP contribution in [0.25, 0.3) is 0 Å². The standard InChI is InChI=1S/C19H22N2O/c1-4-15(2)19(3,17-13-9-6-10-14-17)21-20-18(22)16-11-7-5-8-12-16/h4-15,21H,1H2,2-3H3,(H,20,22)/t15-,19+/m0/s1. The molecular weight excluding hydrogens is 272 g/mol. The minimum atomic E-state index is -0.437. The van der Waals surface area contributed by atoms with Crippen LogP contribution in [-0.4, -0.2) is 5.91 Å². The summed E-state index contributed by atoms with van der Waals surface area (Å²) >= 11 is 0. The normalized spacial score (nSPS) is 14.6. The highest BCUT2D eigenvalue weighted by Gasteiger charge is 2.31. The van der Waals surface area contributed by atoms with Crippen molar-refractivity contribution in [3.05, 3.63) is 84.4 Å². The van der Waals surface area contributed by atoms with Gasteiger partial charge in [0, 0.05) is 5.56 Å². The van der Waals surface area contributed by atoms with Crippen LogP contribution in [-0.2, 0) is 5.54 Å². The molecule has 2 N–H and O–H groups in total. The van der Waals surface area contributed by atoms with E-state index in [4.69, 9.17) is 0 Å². The van der Waals surface area contributed by atoms with Crippen LogP contribution in [0.3, 0.4) is 0 Å². The minimum Gasteiger partial charge on any atom is -0.287 e. The van der Waals surface area contributed by atoms with E-state index in [-0.39, 0.29) is 11.8 Å². The molecule has 0 unspecified atom stereocenters. The number of hydrazine groups is 1. The number of benzene rings is 2. The van der Waals surface area contributed by atoms with Gasteiger partial charge in [0.1, 0.15) is 0 Å². The molecule has 0 radical (unpaired) electrons. The molecule has 3 heteroatoms. The van der Waals surface area contributed by atoms with Crippen LogP contribution in [0.15, 0.2) is 73.3 Å². The summed E-state index contributed by atoms with van der Waals surface area (Å²) in [6, 6.07) is 19.2. The van der Waals surface area contributed by atoms with Gasteiger partial charge in [0.2, 0.25) is 0 Å². The van der Waals surface area contributed by atoms with Crippen LogP contribution in [0.1, 0.15) is 29.8 Å². The molecular formula is C19H22N2O. The molecule has 114 valence electrons. The number of carbonyl (C=O) groups is 1. The molecule has 3 nitrogen and oxygen atoms in total. The maximum absolute atomic E-state index is 12.2. The molecule has 0 aliphatic carbocycles. The molecule has 2 aromatic rings. The van der Waals surface area contributed by atoms with Gasteiger partial charge in [0.15, 0.2) is 0 Å². The van der Waals surface area contributed by atoms with Crippen molar-refractivity contribution in [3.63, 3.8) is 0 Å². The lowest BCUT2D eigenvalue weighted by atomic mass is 9.81. The van der Waals surface area contributed by atoms with Crippen molar-refractivity contribution in [1.82, 2.24) is 10.9 Å². The number of amides is 1. The maximum Gasteiger partial charge on any atom is 0.265 e. The van der Waals surface area contributed by atoms with E-state index in [2.05, 4.69) is 31.3 Å². The SMILES string of the molecule is C=C[C@H](C)[C@@](C)(NNC(=O)c1ccccc1)c1ccccc1. The molecule has 2 rings (SSSR count). The van der Waals surface area contributed by atoms with Gasteiger partial charge >= 0.3 is 0 Å². The van der Waals surface area contributed by atoms with Gasteiger partial charge < -0.3 is 0 Å². The van der Waals surface area contributed by atoms with E-state index in [9.17, 15) is 4.79 Å². The fourth-order valence-electron chi connectivity index (χ4n) is 2.32. The topological polar surface area (TPSA) is 41.1 Å². The number of hydrogen-bond acceptors (Lipinski definition) is 2. The Morgan fingerprint density at radius 2 is 1.64 bits per heavy atom. The third-order valence-corrected chi connectivity index (χ3v) is 4.11. The third kappa shape index (κ3) is 3.43. The first kappa shape index (κ1) is 16.0. The second-order valence-electron chi connectivity index (χ2n) is 5.54. The van der Waals surface area contributed by atoms with E-state index < -0.39 is 5.54 Å². The highest BCUT2D eigenvalue weighted by molar-refractivity contribution is 5.93. The first-order valence-corrected chi connectivity index (χ1v) is 7.38. The summed E-state index contributed by atoms with van der Waals surface area (Å²) in [4.78, 5) is 12.2. The Morgan fingerprint density at radius 1 is 1.09 bits per heavy atom. The lowest BCUT2D eigenvalue weighted by Crippen LogP contribution is -2.53. The fourth-order valence-corrected chi connectivity index (χ4v) is 2.32. The molecule has 0 aromatic heterocycles. The van der Waals surface area contributed by atoms with Gasteiger partial charge in [-0.05, 0) is 30.5 Å². The van der Waals surface area contributed by atoms with Crippen molar-refractivity contribution in [1.29, 1.82) is 0 Å². The third-order valence-electron chi connectivity index (χ3n) is 4.11. The molecule has 0 aliphatic rings. The molecule has 1 amide bonds. The minimum absolute atomic E-state index is 0.131. The van der Waals surface area contributed by atoms with Crippen LogP contribution < -0.4 is 10.9 Å². The first-order valence-electron chi connectivity index (χ1n) is 7.38. The Bertz CT molecular complexity index is 624. The number of nitrogens with one attached hydrogen (secondary N) is 2. The Hall–Kier alpha value is -2.39. The maximum atomic E-state index is 12.2. The predicted octanol–water partition coefficient (Wildman–Crippen LogP) is 3.66. The van der Waals surface area contributed by atoms with E-state index in [0.29, 0.717) is 5.56 Å². The zero-order valence-electron chi connectivity index (χ0n) is 13.0. The van der Waals surface area contributed by atoms with Gasteiger partial charge in [0.05, 0.1) is 5.54 Å². The highest BCUT2D eigenvalue weighted by atomic mass is 16.2. The second-order valence-corrected chi connectivity index (χ2v) is 5.54. The van der Waals surface area contributed by atoms with Gasteiger partial charge in [-0.2, -0.15) is 0 Å². The van der Waals surface area contributed by atoms with Crippen LogP contribution in [0.4, 0.5) is 0 Å². The summed E-state index contributed by atoms with van der Waals surface area (Å²) in [7, 11) is 0. The van der Waals surface area contributed by atoms with Crippen molar-refractivity contribution in [2.75, 3.05) is 0 Å². The van der Waals surface area contributed by atoms with Gasteiger partial charge in [-0.3, -0.25) is 10.2 Å². The van der Waals surface area contributed by atoms with E-state index in [1.165, 1.54) is 0 Å². The smallest absolute Gasteiger partial charge is 0.265 e. The van der Waals surface area contributed by atoms with Crippen LogP contribution >= 0.6 is 0 Å². The Morgan fingerprint density at radius 3 is 2.18 bits per heavy atom. The molecule has 2 aromatic carbocycles. The summed E-state index contributed by atoms with van der Waals surface area (Å²) in [5, 5.41) is 0. The first-order chi connectivity index (χ1) is 10.6. The molecule has 22 heavy (non-hydrogen) atoms. The zero-order valence-corrected chi connectivity index (χ0v) is 13.0. The van der Waals surface area contributed by atoms with Crippen LogP contribution in [0, 0.1) is 5.92 Å². The highest BCUT2D eigenvalue weighted by Crippen LogP contribution is 2.29. The van der Waals surface area contributed by atoms with Crippen molar-refractivity contribution in [2.24, 2.45) is 5.92 Å². The number of hydrogen-bond donors (Lipinski definition) is 2. The molecule has 0 saturated carbocycles. The molecule has 0 fully saturated rings. The Balaban J connectivity index is 2.18. The lowest BCUT2D eigenvalue weighted by Gasteiger charge is -2.36. The largest absolute Gasteiger partial charge is 0.287 e. The fraction of sp³-hybridized carbons (Fsp3) is 0.211. The Labute approximate surface area is 132 Å². The van der Waals surface area contributed by atoms with E-state index in [1.807, 2.05) is 54.6 Å². The van der Waals surface area contributed by atoms with Crippen LogP contribution in [0.2, 0.25) is 0 Å². The predicted molar refractivity (Wildman–Crippen MR) is 90.2 cm³/mol. The molecule has 0 saturated heterocycles. The van der Waals surface area contributed by atoms with E-state index in [1.54, 1.807) is 12.1 Å². The van der Waals surface area contributed by atoms with Crippen LogP contribution in [0.5, 0.6) is 0 Å². The summed E-state index contributed by atoms with van der Waals surface area (Å²) in [6.07, 6.45) is 1.88. The van der Waals surface area contributed by atoms with Gasteiger partial charge in [0.25, 0.3) is 5.91 Å². The summed E-state index contributed by atoms with van der Waals surface area (Å²) in [5.41, 5.74) is 7.29. The second kappa shape index (κ2) is 7.05. The summed E-state index contributed by atoms with van der Waals surface area (Å²) in [5.74, 6) is -0.0232. The van der Waals surface area contributed by atoms with Crippen molar-refractivity contribution < 1.29 is 4.79 Å². The number of carbonyl (C=O) groups excluding carboxylic acids is 1. The zero-order chi connectivity index (χ0) is 16.0. The molecule has 0 heterocycles. The van der Waals surface area contributed by atoms with E-state index in [0.717, 1.165) is 5.56 Å². The molecule has 0 aliphatic heterocycles. The van der Waals surface area contributed by atoms with Crippen molar-refractivity contribution in [2.45, 2.75) is 19.4 Å². The van der Waals surface area contributed by atoms with E-state index >= 15 is 0 Å². The number of rotatable bonds is 6.